The average molecular weight is 432 g/mol. The second-order valence-corrected chi connectivity index (χ2v) is 7.40. The lowest BCUT2D eigenvalue weighted by Gasteiger charge is -2.14. The number of nitrogens with zero attached hydrogens (tertiary/aromatic N) is 1. The predicted octanol–water partition coefficient (Wildman–Crippen LogP) is 4.25. The smallest absolute Gasteiger partial charge is 0.319 e. The van der Waals surface area contributed by atoms with E-state index in [1.165, 1.54) is 0 Å². The number of urea groups is 1. The summed E-state index contributed by atoms with van der Waals surface area (Å²) in [4.78, 5) is 16.5. The van der Waals surface area contributed by atoms with Gasteiger partial charge in [0, 0.05) is 37.7 Å². The number of benzene rings is 1. The van der Waals surface area contributed by atoms with Crippen molar-refractivity contribution in [3.05, 3.63) is 42.1 Å². The molecular formula is C23H33N3O5. The summed E-state index contributed by atoms with van der Waals surface area (Å²) >= 11 is 0. The molecule has 0 aliphatic carbocycles. The van der Waals surface area contributed by atoms with Gasteiger partial charge >= 0.3 is 6.03 Å². The molecule has 0 bridgehead atoms. The number of hydrogen-bond donors (Lipinski definition) is 2. The molecule has 0 spiro atoms. The number of anilines is 1. The lowest BCUT2D eigenvalue weighted by atomic mass is 10.1. The molecule has 2 amide bonds. The number of carbonyl (C=O) groups is 1. The van der Waals surface area contributed by atoms with Crippen molar-refractivity contribution in [2.45, 2.75) is 33.2 Å². The summed E-state index contributed by atoms with van der Waals surface area (Å²) in [5, 5.41) is 5.64. The first-order valence-electron chi connectivity index (χ1n) is 10.4. The fraction of sp³-hybridized carbons (Fsp3) is 0.478. The fourth-order valence-corrected chi connectivity index (χ4v) is 2.77. The molecule has 1 aromatic heterocycles. The van der Waals surface area contributed by atoms with Gasteiger partial charge in [0.25, 0.3) is 0 Å². The van der Waals surface area contributed by atoms with Crippen LogP contribution in [0.2, 0.25) is 0 Å². The zero-order chi connectivity index (χ0) is 22.5. The number of aromatic nitrogens is 1. The van der Waals surface area contributed by atoms with E-state index in [4.69, 9.17) is 18.9 Å². The van der Waals surface area contributed by atoms with Crippen LogP contribution in [0.3, 0.4) is 0 Å². The maximum atomic E-state index is 12.3. The summed E-state index contributed by atoms with van der Waals surface area (Å²) < 4.78 is 21.7. The van der Waals surface area contributed by atoms with Crippen molar-refractivity contribution < 1.29 is 23.7 Å². The molecule has 0 atom stereocenters. The molecule has 8 heteroatoms. The van der Waals surface area contributed by atoms with E-state index in [1.807, 2.05) is 6.07 Å². The van der Waals surface area contributed by atoms with E-state index in [9.17, 15) is 4.79 Å². The molecule has 0 fully saturated rings. The van der Waals surface area contributed by atoms with Gasteiger partial charge in [-0.2, -0.15) is 0 Å². The monoisotopic (exact) mass is 431 g/mol. The molecule has 170 valence electrons. The summed E-state index contributed by atoms with van der Waals surface area (Å²) in [6, 6.07) is 8.59. The van der Waals surface area contributed by atoms with Crippen molar-refractivity contribution in [2.24, 2.45) is 5.92 Å². The van der Waals surface area contributed by atoms with Crippen LogP contribution in [0, 0.1) is 5.92 Å². The van der Waals surface area contributed by atoms with Crippen molar-refractivity contribution in [3.8, 4) is 17.4 Å². The molecule has 2 N–H and O–H groups in total. The first-order chi connectivity index (χ1) is 15.0. The molecule has 0 radical (unpaired) electrons. The molecule has 1 aromatic carbocycles. The van der Waals surface area contributed by atoms with Crippen molar-refractivity contribution in [2.75, 3.05) is 39.4 Å². The third-order valence-corrected chi connectivity index (χ3v) is 4.39. The Bertz CT molecular complexity index is 814. The van der Waals surface area contributed by atoms with E-state index in [-0.39, 0.29) is 6.03 Å². The first kappa shape index (κ1) is 24.3. The molecule has 1 heterocycles. The van der Waals surface area contributed by atoms with E-state index < -0.39 is 0 Å². The third kappa shape index (κ3) is 9.13. The molecule has 31 heavy (non-hydrogen) atoms. The minimum atomic E-state index is -0.324. The summed E-state index contributed by atoms with van der Waals surface area (Å²) in [7, 11) is 3.21. The molecule has 8 nitrogen and oxygen atoms in total. The van der Waals surface area contributed by atoms with Crippen molar-refractivity contribution >= 4 is 11.7 Å². The molecule has 0 saturated heterocycles. The van der Waals surface area contributed by atoms with Gasteiger partial charge in [0.1, 0.15) is 6.61 Å². The van der Waals surface area contributed by atoms with Crippen LogP contribution in [0.5, 0.6) is 17.4 Å². The number of carbonyl (C=O) groups excluding carboxylic acids is 1. The maximum absolute atomic E-state index is 12.3. The van der Waals surface area contributed by atoms with Gasteiger partial charge in [-0.3, -0.25) is 0 Å². The van der Waals surface area contributed by atoms with Gasteiger partial charge in [-0.1, -0.05) is 13.8 Å². The van der Waals surface area contributed by atoms with Crippen LogP contribution in [0.15, 0.2) is 36.5 Å². The van der Waals surface area contributed by atoms with Gasteiger partial charge in [-0.05, 0) is 42.5 Å². The van der Waals surface area contributed by atoms with Crippen LogP contribution in [0.25, 0.3) is 0 Å². The standard InChI is InChI=1S/C23H33N3O5/c1-17(2)6-5-11-30-21-15-19(7-8-20(21)29-4)26-23(27)25-16-18-9-10-24-22(14-18)31-13-12-28-3/h7-10,14-15,17H,5-6,11-13,16H2,1-4H3,(H2,25,26,27). The van der Waals surface area contributed by atoms with Crippen LogP contribution in [0.4, 0.5) is 10.5 Å². The number of hydrogen-bond acceptors (Lipinski definition) is 6. The van der Waals surface area contributed by atoms with Crippen LogP contribution < -0.4 is 24.8 Å². The molecule has 2 aromatic rings. The van der Waals surface area contributed by atoms with Gasteiger partial charge in [-0.25, -0.2) is 9.78 Å². The van der Waals surface area contributed by atoms with E-state index >= 15 is 0 Å². The van der Waals surface area contributed by atoms with E-state index in [0.717, 1.165) is 18.4 Å². The van der Waals surface area contributed by atoms with E-state index in [2.05, 4.69) is 29.5 Å². The summed E-state index contributed by atoms with van der Waals surface area (Å²) in [6.45, 7) is 6.21. The van der Waals surface area contributed by atoms with Crippen molar-refractivity contribution in [3.63, 3.8) is 0 Å². The van der Waals surface area contributed by atoms with Crippen molar-refractivity contribution in [1.82, 2.24) is 10.3 Å². The number of methoxy groups -OCH3 is 2. The summed E-state index contributed by atoms with van der Waals surface area (Å²) in [5.41, 5.74) is 1.50. The Morgan fingerprint density at radius 2 is 1.87 bits per heavy atom. The number of rotatable bonds is 13. The Labute approximate surface area is 184 Å². The van der Waals surface area contributed by atoms with Crippen LogP contribution in [-0.2, 0) is 11.3 Å². The SMILES string of the molecule is COCCOc1cc(CNC(=O)Nc2ccc(OC)c(OCCCC(C)C)c2)ccn1. The van der Waals surface area contributed by atoms with E-state index in [1.54, 1.807) is 44.7 Å². The highest BCUT2D eigenvalue weighted by Gasteiger charge is 2.09. The summed E-state index contributed by atoms with van der Waals surface area (Å²) in [6.07, 6.45) is 3.70. The van der Waals surface area contributed by atoms with Gasteiger partial charge in [-0.15, -0.1) is 0 Å². The second-order valence-electron chi connectivity index (χ2n) is 7.40. The zero-order valence-corrected chi connectivity index (χ0v) is 18.8. The number of amides is 2. The third-order valence-electron chi connectivity index (χ3n) is 4.39. The molecule has 0 aliphatic heterocycles. The highest BCUT2D eigenvalue weighted by molar-refractivity contribution is 5.89. The predicted molar refractivity (Wildman–Crippen MR) is 120 cm³/mol. The van der Waals surface area contributed by atoms with Gasteiger partial charge in [0.05, 0.1) is 20.3 Å². The number of pyridine rings is 1. The second kappa shape index (κ2) is 13.3. The Kier molecular flexibility index (Phi) is 10.4. The van der Waals surface area contributed by atoms with Crippen LogP contribution in [0.1, 0.15) is 32.3 Å². The van der Waals surface area contributed by atoms with Gasteiger partial charge < -0.3 is 29.6 Å². The number of ether oxygens (including phenoxy) is 4. The molecule has 0 unspecified atom stereocenters. The number of nitrogens with one attached hydrogen (secondary N) is 2. The lowest BCUT2D eigenvalue weighted by Crippen LogP contribution is -2.28. The van der Waals surface area contributed by atoms with Crippen molar-refractivity contribution in [1.29, 1.82) is 0 Å². The zero-order valence-electron chi connectivity index (χ0n) is 18.8. The minimum absolute atomic E-state index is 0.324. The Morgan fingerprint density at radius 1 is 1.03 bits per heavy atom. The molecule has 0 aliphatic rings. The Hall–Kier alpha value is -3.00. The Morgan fingerprint density at radius 3 is 2.61 bits per heavy atom. The Balaban J connectivity index is 1.87. The normalized spacial score (nSPS) is 10.6. The quantitative estimate of drug-likeness (QED) is 0.461. The topological polar surface area (TPSA) is 90.9 Å². The minimum Gasteiger partial charge on any atom is -0.493 e. The van der Waals surface area contributed by atoms with Crippen LogP contribution >= 0.6 is 0 Å². The fourth-order valence-electron chi connectivity index (χ4n) is 2.77. The van der Waals surface area contributed by atoms with Gasteiger partial charge in [0.15, 0.2) is 11.5 Å². The maximum Gasteiger partial charge on any atom is 0.319 e. The lowest BCUT2D eigenvalue weighted by molar-refractivity contribution is 0.143. The summed E-state index contributed by atoms with van der Waals surface area (Å²) in [5.74, 6) is 2.37. The highest BCUT2D eigenvalue weighted by Crippen LogP contribution is 2.30. The largest absolute Gasteiger partial charge is 0.493 e. The van der Waals surface area contributed by atoms with Crippen LogP contribution in [-0.4, -0.2) is 45.1 Å². The molecule has 2 rings (SSSR count). The first-order valence-corrected chi connectivity index (χ1v) is 10.4. The highest BCUT2D eigenvalue weighted by atomic mass is 16.5. The van der Waals surface area contributed by atoms with Gasteiger partial charge in [0.2, 0.25) is 5.88 Å². The van der Waals surface area contributed by atoms with E-state index in [0.29, 0.717) is 55.3 Å². The molecule has 0 saturated carbocycles. The molecular weight excluding hydrogens is 398 g/mol. The average Bonchev–Trinajstić information content (AvgIpc) is 2.76.